The Hall–Kier alpha value is -1.80. The summed E-state index contributed by atoms with van der Waals surface area (Å²) in [5.41, 5.74) is -0.454. The van der Waals surface area contributed by atoms with E-state index in [1.54, 1.807) is 16.7 Å². The zero-order chi connectivity index (χ0) is 27.3. The molecule has 0 saturated carbocycles. The summed E-state index contributed by atoms with van der Waals surface area (Å²) in [6.45, 7) is 15.2. The third-order valence-electron chi connectivity index (χ3n) is 8.60. The number of hydrogen-bond donors (Lipinski definition) is 1. The number of carbonyl (C=O) groups excluding carboxylic acids is 3. The van der Waals surface area contributed by atoms with E-state index in [1.807, 2.05) is 43.1 Å². The van der Waals surface area contributed by atoms with Crippen molar-refractivity contribution >= 4 is 29.5 Å². The average Bonchev–Trinajstić information content (AvgIpc) is 3.16. The van der Waals surface area contributed by atoms with Crippen LogP contribution in [-0.2, 0) is 19.1 Å². The topological polar surface area (TPSA) is 87.2 Å². The minimum absolute atomic E-state index is 0.00232. The van der Waals surface area contributed by atoms with Crippen LogP contribution in [0, 0.1) is 23.2 Å². The first kappa shape index (κ1) is 28.2. The Morgan fingerprint density at radius 2 is 1.86 bits per heavy atom. The molecule has 4 rings (SSSR count). The van der Waals surface area contributed by atoms with Gasteiger partial charge in [0, 0.05) is 17.3 Å². The number of likely N-dealkylation sites (tertiary alicyclic amines) is 1. The summed E-state index contributed by atoms with van der Waals surface area (Å²) < 4.78 is 4.67. The fourth-order valence-electron chi connectivity index (χ4n) is 7.16. The molecule has 2 amide bonds. The molecule has 4 heterocycles. The van der Waals surface area contributed by atoms with Gasteiger partial charge < -0.3 is 19.6 Å². The second kappa shape index (κ2) is 10.1. The molecule has 206 valence electrons. The molecule has 2 saturated heterocycles. The van der Waals surface area contributed by atoms with Gasteiger partial charge in [-0.15, -0.1) is 11.8 Å². The zero-order valence-electron chi connectivity index (χ0n) is 23.4. The molecule has 0 aromatic carbocycles. The van der Waals surface area contributed by atoms with Crippen LogP contribution in [0.5, 0.6) is 0 Å². The van der Waals surface area contributed by atoms with Crippen molar-refractivity contribution in [3.05, 3.63) is 24.3 Å². The summed E-state index contributed by atoms with van der Waals surface area (Å²) in [4.78, 5) is 45.9. The Labute approximate surface area is 226 Å². The molecule has 0 bridgehead atoms. The van der Waals surface area contributed by atoms with Crippen molar-refractivity contribution < 1.29 is 24.2 Å². The SMILES string of the molecule is CC[C@H](C)[C@H](CO)N1C(=O)[C@@H]2[C@H]3C(=O)OCCC=C[C@H]3S[C@@]23C=CCN(C(C)(C)CC(C)(C)C)C(=O)C13. The van der Waals surface area contributed by atoms with Gasteiger partial charge in [0.1, 0.15) is 6.04 Å². The molecule has 0 aromatic rings. The summed E-state index contributed by atoms with van der Waals surface area (Å²) in [6, 6.07) is -1.30. The quantitative estimate of drug-likeness (QED) is 0.414. The Morgan fingerprint density at radius 3 is 2.49 bits per heavy atom. The number of hydrogen-bond acceptors (Lipinski definition) is 6. The minimum atomic E-state index is -0.898. The van der Waals surface area contributed by atoms with Crippen LogP contribution in [0.25, 0.3) is 0 Å². The number of rotatable bonds is 6. The zero-order valence-corrected chi connectivity index (χ0v) is 24.2. The molecule has 4 aliphatic rings. The molecule has 1 N–H and O–H groups in total. The van der Waals surface area contributed by atoms with Crippen molar-refractivity contribution in [3.63, 3.8) is 0 Å². The summed E-state index contributed by atoms with van der Waals surface area (Å²) in [5.74, 6) is -2.07. The van der Waals surface area contributed by atoms with Crippen molar-refractivity contribution in [1.82, 2.24) is 9.80 Å². The fourth-order valence-corrected chi connectivity index (χ4v) is 9.14. The van der Waals surface area contributed by atoms with Gasteiger partial charge >= 0.3 is 5.97 Å². The maximum absolute atomic E-state index is 14.7. The van der Waals surface area contributed by atoms with Crippen molar-refractivity contribution in [2.75, 3.05) is 19.8 Å². The second-order valence-corrected chi connectivity index (χ2v) is 14.5. The molecule has 0 aromatic heterocycles. The fraction of sp³-hybridized carbons (Fsp3) is 0.759. The van der Waals surface area contributed by atoms with Crippen LogP contribution in [0.2, 0.25) is 0 Å². The lowest BCUT2D eigenvalue weighted by molar-refractivity contribution is -0.154. The number of cyclic esters (lactones) is 1. The van der Waals surface area contributed by atoms with Crippen LogP contribution in [0.3, 0.4) is 0 Å². The van der Waals surface area contributed by atoms with E-state index in [9.17, 15) is 19.5 Å². The Kier molecular flexibility index (Phi) is 7.67. The van der Waals surface area contributed by atoms with Crippen LogP contribution in [0.4, 0.5) is 0 Å². The van der Waals surface area contributed by atoms with Gasteiger partial charge in [0.2, 0.25) is 11.8 Å². The largest absolute Gasteiger partial charge is 0.465 e. The summed E-state index contributed by atoms with van der Waals surface area (Å²) in [5, 5.41) is 10.3. The van der Waals surface area contributed by atoms with E-state index in [0.717, 1.165) is 12.8 Å². The number of amides is 2. The van der Waals surface area contributed by atoms with Crippen molar-refractivity contribution in [3.8, 4) is 0 Å². The third kappa shape index (κ3) is 4.77. The first-order valence-corrected chi connectivity index (χ1v) is 14.6. The molecule has 37 heavy (non-hydrogen) atoms. The number of aliphatic hydroxyl groups excluding tert-OH is 1. The highest BCUT2D eigenvalue weighted by molar-refractivity contribution is 8.02. The second-order valence-electron chi connectivity index (χ2n) is 13.0. The van der Waals surface area contributed by atoms with Crippen LogP contribution < -0.4 is 0 Å². The number of carbonyl (C=O) groups is 3. The van der Waals surface area contributed by atoms with E-state index in [2.05, 4.69) is 34.6 Å². The highest BCUT2D eigenvalue weighted by Crippen LogP contribution is 2.61. The molecular formula is C29H44N2O5S. The number of esters is 1. The molecule has 1 unspecified atom stereocenters. The highest BCUT2D eigenvalue weighted by atomic mass is 32.2. The van der Waals surface area contributed by atoms with E-state index in [-0.39, 0.29) is 41.0 Å². The first-order chi connectivity index (χ1) is 17.3. The molecule has 1 spiro atoms. The molecule has 0 aliphatic carbocycles. The van der Waals surface area contributed by atoms with Crippen LogP contribution in [-0.4, -0.2) is 80.1 Å². The maximum atomic E-state index is 14.7. The van der Waals surface area contributed by atoms with Gasteiger partial charge in [-0.25, -0.2) is 0 Å². The lowest BCUT2D eigenvalue weighted by atomic mass is 9.78. The van der Waals surface area contributed by atoms with E-state index in [0.29, 0.717) is 19.6 Å². The van der Waals surface area contributed by atoms with Gasteiger partial charge in [0.15, 0.2) is 0 Å². The van der Waals surface area contributed by atoms with Gasteiger partial charge in [-0.05, 0) is 38.0 Å². The monoisotopic (exact) mass is 532 g/mol. The Bertz CT molecular complexity index is 985. The predicted molar refractivity (Wildman–Crippen MR) is 146 cm³/mol. The van der Waals surface area contributed by atoms with E-state index in [1.165, 1.54) is 0 Å². The molecule has 7 nitrogen and oxygen atoms in total. The molecule has 0 radical (unpaired) electrons. The maximum Gasteiger partial charge on any atom is 0.311 e. The predicted octanol–water partition coefficient (Wildman–Crippen LogP) is 3.81. The minimum Gasteiger partial charge on any atom is -0.465 e. The molecule has 4 aliphatic heterocycles. The summed E-state index contributed by atoms with van der Waals surface area (Å²) in [7, 11) is 0. The van der Waals surface area contributed by atoms with E-state index in [4.69, 9.17) is 4.74 Å². The number of ether oxygens (including phenoxy) is 1. The van der Waals surface area contributed by atoms with Gasteiger partial charge in [0.05, 0.1) is 35.8 Å². The normalized spacial score (nSPS) is 33.8. The highest BCUT2D eigenvalue weighted by Gasteiger charge is 2.72. The Morgan fingerprint density at radius 1 is 1.16 bits per heavy atom. The van der Waals surface area contributed by atoms with Crippen molar-refractivity contribution in [2.24, 2.45) is 23.2 Å². The van der Waals surface area contributed by atoms with E-state index >= 15 is 0 Å². The third-order valence-corrected chi connectivity index (χ3v) is 10.3. The molecule has 7 atom stereocenters. The van der Waals surface area contributed by atoms with Crippen LogP contribution in [0.1, 0.15) is 67.7 Å². The molecule has 2 fully saturated rings. The summed E-state index contributed by atoms with van der Waals surface area (Å²) >= 11 is 1.55. The van der Waals surface area contributed by atoms with Gasteiger partial charge in [-0.1, -0.05) is 65.3 Å². The van der Waals surface area contributed by atoms with Crippen molar-refractivity contribution in [2.45, 2.75) is 95.3 Å². The molecular weight excluding hydrogens is 488 g/mol. The lowest BCUT2D eigenvalue weighted by Crippen LogP contribution is -2.61. The van der Waals surface area contributed by atoms with Crippen LogP contribution in [0.15, 0.2) is 24.3 Å². The number of thioether (sulfide) groups is 1. The number of nitrogens with zero attached hydrogens (tertiary/aromatic N) is 2. The average molecular weight is 533 g/mol. The smallest absolute Gasteiger partial charge is 0.311 e. The molecule has 8 heteroatoms. The number of fused-ring (bicyclic) bond motifs is 2. The first-order valence-electron chi connectivity index (χ1n) is 13.7. The Balaban J connectivity index is 1.87. The standard InChI is InChI=1S/C29H44N2O5S/c1-8-18(2)19(16-32)31-23-25(34)30(28(6,7)17-27(3,4)5)14-11-13-29(23)22(24(31)33)21-20(37-29)12-9-10-15-36-26(21)35/h9,11-13,18-23,32H,8,10,14-17H2,1-7H3/t18-,19-,20+,21-,22-,23?,29-/m0/s1. The van der Waals surface area contributed by atoms with Gasteiger partial charge in [-0.3, -0.25) is 14.4 Å². The van der Waals surface area contributed by atoms with Gasteiger partial charge in [0.25, 0.3) is 0 Å². The summed E-state index contributed by atoms with van der Waals surface area (Å²) in [6.07, 6.45) is 10.3. The van der Waals surface area contributed by atoms with E-state index < -0.39 is 34.2 Å². The number of aliphatic hydroxyl groups is 1. The van der Waals surface area contributed by atoms with Crippen LogP contribution >= 0.6 is 11.8 Å². The van der Waals surface area contributed by atoms with Gasteiger partial charge in [-0.2, -0.15) is 0 Å². The van der Waals surface area contributed by atoms with Crippen molar-refractivity contribution in [1.29, 1.82) is 0 Å². The lowest BCUT2D eigenvalue weighted by Gasteiger charge is -2.46.